The molecule has 1 saturated heterocycles. The first-order valence-corrected chi connectivity index (χ1v) is 6.85. The molecule has 2 nitrogen and oxygen atoms in total. The van der Waals surface area contributed by atoms with Crippen molar-refractivity contribution in [2.24, 2.45) is 5.92 Å². The molecule has 3 heteroatoms. The van der Waals surface area contributed by atoms with Crippen LogP contribution >= 0.6 is 0 Å². The highest BCUT2D eigenvalue weighted by atomic mass is 19.1. The molecule has 1 aromatic rings. The molecule has 1 atom stereocenters. The van der Waals surface area contributed by atoms with E-state index in [0.717, 1.165) is 37.5 Å². The van der Waals surface area contributed by atoms with E-state index in [1.807, 2.05) is 6.07 Å². The van der Waals surface area contributed by atoms with Crippen molar-refractivity contribution in [1.82, 2.24) is 0 Å². The Bertz CT molecular complexity index is 397. The van der Waals surface area contributed by atoms with Crippen LogP contribution in [0.1, 0.15) is 44.8 Å². The molecule has 2 rings (SSSR count). The molecule has 0 spiro atoms. The molecule has 0 aliphatic carbocycles. The van der Waals surface area contributed by atoms with Crippen molar-refractivity contribution in [3.05, 3.63) is 29.6 Å². The number of hydrogen-bond acceptors (Lipinski definition) is 2. The molecule has 0 bridgehead atoms. The molecule has 0 radical (unpaired) electrons. The number of aliphatic hydroxyl groups is 1. The quantitative estimate of drug-likeness (QED) is 0.888. The largest absolute Gasteiger partial charge is 0.389 e. The van der Waals surface area contributed by atoms with Gasteiger partial charge in [-0.05, 0) is 37.8 Å². The van der Waals surface area contributed by atoms with E-state index < -0.39 is 6.10 Å². The average Bonchev–Trinajstić information content (AvgIpc) is 2.38. The molecule has 1 aliphatic rings. The first-order valence-electron chi connectivity index (χ1n) is 6.85. The minimum Gasteiger partial charge on any atom is -0.389 e. The van der Waals surface area contributed by atoms with Crippen LogP contribution in [0.2, 0.25) is 0 Å². The Labute approximate surface area is 108 Å². The Kier molecular flexibility index (Phi) is 4.23. The second-order valence-corrected chi connectivity index (χ2v) is 5.19. The zero-order chi connectivity index (χ0) is 13.1. The molecular formula is C15H22FNO. The fraction of sp³-hybridized carbons (Fsp3) is 0.600. The van der Waals surface area contributed by atoms with Crippen LogP contribution in [0.5, 0.6) is 0 Å². The van der Waals surface area contributed by atoms with Gasteiger partial charge >= 0.3 is 0 Å². The summed E-state index contributed by atoms with van der Waals surface area (Å²) in [6.45, 7) is 5.77. The van der Waals surface area contributed by atoms with Crippen LogP contribution in [0.3, 0.4) is 0 Å². The molecule has 100 valence electrons. The number of nitrogens with zero attached hydrogens (tertiary/aromatic N) is 1. The summed E-state index contributed by atoms with van der Waals surface area (Å²) in [5.74, 6) is 0.491. The highest BCUT2D eigenvalue weighted by Crippen LogP contribution is 2.32. The van der Waals surface area contributed by atoms with E-state index >= 15 is 0 Å². The van der Waals surface area contributed by atoms with Gasteiger partial charge in [0.2, 0.25) is 0 Å². The molecule has 1 N–H and O–H groups in total. The van der Waals surface area contributed by atoms with E-state index in [1.54, 1.807) is 13.0 Å². The number of anilines is 1. The SMILES string of the molecule is CCC1CCN(c2cccc(F)c2[C@@H](C)O)CC1. The summed E-state index contributed by atoms with van der Waals surface area (Å²) in [5.41, 5.74) is 1.30. The van der Waals surface area contributed by atoms with Crippen molar-refractivity contribution in [2.45, 2.75) is 39.2 Å². The molecule has 0 saturated carbocycles. The third-order valence-corrected chi connectivity index (χ3v) is 3.98. The summed E-state index contributed by atoms with van der Waals surface area (Å²) >= 11 is 0. The van der Waals surface area contributed by atoms with Crippen molar-refractivity contribution in [1.29, 1.82) is 0 Å². The molecule has 1 heterocycles. The van der Waals surface area contributed by atoms with E-state index in [9.17, 15) is 9.50 Å². The average molecular weight is 251 g/mol. The van der Waals surface area contributed by atoms with Crippen molar-refractivity contribution >= 4 is 5.69 Å². The van der Waals surface area contributed by atoms with Crippen molar-refractivity contribution in [3.63, 3.8) is 0 Å². The van der Waals surface area contributed by atoms with Gasteiger partial charge in [0.05, 0.1) is 6.10 Å². The Morgan fingerprint density at radius 1 is 1.39 bits per heavy atom. The highest BCUT2D eigenvalue weighted by Gasteiger charge is 2.22. The van der Waals surface area contributed by atoms with Gasteiger partial charge in [-0.1, -0.05) is 19.4 Å². The van der Waals surface area contributed by atoms with Crippen molar-refractivity contribution < 1.29 is 9.50 Å². The van der Waals surface area contributed by atoms with Gasteiger partial charge in [0.1, 0.15) is 5.82 Å². The number of benzene rings is 1. The molecule has 1 fully saturated rings. The first kappa shape index (κ1) is 13.3. The smallest absolute Gasteiger partial charge is 0.131 e. The van der Waals surface area contributed by atoms with Crippen molar-refractivity contribution in [3.8, 4) is 0 Å². The summed E-state index contributed by atoms with van der Waals surface area (Å²) in [4.78, 5) is 2.21. The summed E-state index contributed by atoms with van der Waals surface area (Å²) in [6.07, 6.45) is 2.78. The summed E-state index contributed by atoms with van der Waals surface area (Å²) in [6, 6.07) is 5.06. The number of aliphatic hydroxyl groups excluding tert-OH is 1. The van der Waals surface area contributed by atoms with Crippen LogP contribution in [0.25, 0.3) is 0 Å². The molecule has 0 unspecified atom stereocenters. The number of rotatable bonds is 3. The lowest BCUT2D eigenvalue weighted by atomic mass is 9.93. The van der Waals surface area contributed by atoms with Gasteiger partial charge in [-0.3, -0.25) is 0 Å². The normalized spacial score (nSPS) is 19.0. The van der Waals surface area contributed by atoms with Gasteiger partial charge in [-0.2, -0.15) is 0 Å². The van der Waals surface area contributed by atoms with Crippen LogP contribution in [-0.4, -0.2) is 18.2 Å². The van der Waals surface area contributed by atoms with Crippen LogP contribution in [0.4, 0.5) is 10.1 Å². The highest BCUT2D eigenvalue weighted by molar-refractivity contribution is 5.55. The Morgan fingerprint density at radius 2 is 2.06 bits per heavy atom. The van der Waals surface area contributed by atoms with E-state index in [-0.39, 0.29) is 5.82 Å². The predicted octanol–water partition coefficient (Wildman–Crippen LogP) is 3.51. The standard InChI is InChI=1S/C15H22FNO/c1-3-12-7-9-17(10-8-12)14-6-4-5-13(16)15(14)11(2)18/h4-6,11-12,18H,3,7-10H2,1-2H3/t11-/m1/s1. The minimum absolute atomic E-state index is 0.305. The zero-order valence-electron chi connectivity index (χ0n) is 11.2. The Hall–Kier alpha value is -1.09. The number of halogens is 1. The van der Waals surface area contributed by atoms with Crippen LogP contribution in [0.15, 0.2) is 18.2 Å². The maximum Gasteiger partial charge on any atom is 0.131 e. The second-order valence-electron chi connectivity index (χ2n) is 5.19. The van der Waals surface area contributed by atoms with E-state index in [0.29, 0.717) is 5.56 Å². The maximum atomic E-state index is 13.8. The van der Waals surface area contributed by atoms with Crippen LogP contribution in [0, 0.1) is 11.7 Å². The van der Waals surface area contributed by atoms with Gasteiger partial charge < -0.3 is 10.0 Å². The lowest BCUT2D eigenvalue weighted by Gasteiger charge is -2.35. The van der Waals surface area contributed by atoms with E-state index in [2.05, 4.69) is 11.8 Å². The predicted molar refractivity (Wildman–Crippen MR) is 72.3 cm³/mol. The summed E-state index contributed by atoms with van der Waals surface area (Å²) in [5, 5.41) is 9.75. The van der Waals surface area contributed by atoms with Crippen molar-refractivity contribution in [2.75, 3.05) is 18.0 Å². The minimum atomic E-state index is -0.759. The molecule has 0 amide bonds. The molecule has 0 aromatic heterocycles. The lowest BCUT2D eigenvalue weighted by Crippen LogP contribution is -2.34. The summed E-state index contributed by atoms with van der Waals surface area (Å²) in [7, 11) is 0. The Morgan fingerprint density at radius 3 is 2.61 bits per heavy atom. The summed E-state index contributed by atoms with van der Waals surface area (Å²) < 4.78 is 13.8. The fourth-order valence-electron chi connectivity index (χ4n) is 2.80. The molecular weight excluding hydrogens is 229 g/mol. The number of piperidine rings is 1. The van der Waals surface area contributed by atoms with Gasteiger partial charge in [0.15, 0.2) is 0 Å². The topological polar surface area (TPSA) is 23.5 Å². The lowest BCUT2D eigenvalue weighted by molar-refractivity contribution is 0.194. The maximum absolute atomic E-state index is 13.8. The van der Waals surface area contributed by atoms with E-state index in [4.69, 9.17) is 0 Å². The van der Waals surface area contributed by atoms with Gasteiger partial charge in [-0.25, -0.2) is 4.39 Å². The first-order chi connectivity index (χ1) is 8.63. The number of hydrogen-bond donors (Lipinski definition) is 1. The third-order valence-electron chi connectivity index (χ3n) is 3.98. The molecule has 1 aromatic carbocycles. The second kappa shape index (κ2) is 5.70. The monoisotopic (exact) mass is 251 g/mol. The van der Waals surface area contributed by atoms with Gasteiger partial charge in [-0.15, -0.1) is 0 Å². The van der Waals surface area contributed by atoms with Crippen LogP contribution in [-0.2, 0) is 0 Å². The van der Waals surface area contributed by atoms with E-state index in [1.165, 1.54) is 12.5 Å². The van der Waals surface area contributed by atoms with Gasteiger partial charge in [0, 0.05) is 24.3 Å². The Balaban J connectivity index is 2.21. The van der Waals surface area contributed by atoms with Crippen LogP contribution < -0.4 is 4.90 Å². The van der Waals surface area contributed by atoms with Gasteiger partial charge in [0.25, 0.3) is 0 Å². The molecule has 18 heavy (non-hydrogen) atoms. The third kappa shape index (κ3) is 2.66. The fourth-order valence-corrected chi connectivity index (χ4v) is 2.80. The molecule has 1 aliphatic heterocycles. The zero-order valence-corrected chi connectivity index (χ0v) is 11.2.